The van der Waals surface area contributed by atoms with Crippen molar-refractivity contribution in [2.24, 2.45) is 0 Å². The van der Waals surface area contributed by atoms with Crippen LogP contribution in [0.25, 0.3) is 0 Å². The molecule has 0 spiro atoms. The molecule has 5 heteroatoms. The number of nitrogens with zero attached hydrogens (tertiary/aromatic N) is 1. The summed E-state index contributed by atoms with van der Waals surface area (Å²) in [5, 5.41) is 0. The van der Waals surface area contributed by atoms with Crippen LogP contribution in [0.4, 0.5) is 0 Å². The summed E-state index contributed by atoms with van der Waals surface area (Å²) < 4.78 is 0. The average Bonchev–Trinajstić information content (AvgIpc) is 3.01. The van der Waals surface area contributed by atoms with Gasteiger partial charge in [0.2, 0.25) is 0 Å². The van der Waals surface area contributed by atoms with E-state index in [0.29, 0.717) is 19.4 Å². The van der Waals surface area contributed by atoms with Gasteiger partial charge in [-0.25, -0.2) is 19.3 Å². The van der Waals surface area contributed by atoms with Crippen molar-refractivity contribution in [3.05, 3.63) is 0 Å². The minimum absolute atomic E-state index is 0.264. The van der Waals surface area contributed by atoms with E-state index in [-0.39, 0.29) is 16.7 Å². The molecule has 0 aromatic rings. The zero-order valence-electron chi connectivity index (χ0n) is 31.1. The van der Waals surface area contributed by atoms with Crippen LogP contribution in [-0.2, 0) is 19.3 Å². The summed E-state index contributed by atoms with van der Waals surface area (Å²) in [4.78, 5) is 36.0. The number of hydroxylamine groups is 4. The Balaban J connectivity index is 3.74. The Morgan fingerprint density at radius 3 is 0.800 bits per heavy atom. The fraction of sp³-hybridized carbons (Fsp3) is 0.950. The van der Waals surface area contributed by atoms with E-state index in [1.54, 1.807) is 7.05 Å². The van der Waals surface area contributed by atoms with E-state index in [1.807, 2.05) is 6.92 Å². The summed E-state index contributed by atoms with van der Waals surface area (Å²) in [7, 11) is 1.69. The van der Waals surface area contributed by atoms with Crippen LogP contribution >= 0.6 is 0 Å². The number of carbonyl (C=O) groups is 2. The van der Waals surface area contributed by atoms with Crippen LogP contribution in [0.2, 0.25) is 0 Å². The number of quaternary nitrogens is 1. The first-order valence-corrected chi connectivity index (χ1v) is 20.3. The van der Waals surface area contributed by atoms with Crippen molar-refractivity contribution in [3.8, 4) is 0 Å². The van der Waals surface area contributed by atoms with Gasteiger partial charge in [-0.05, 0) is 12.8 Å². The lowest BCUT2D eigenvalue weighted by molar-refractivity contribution is -1.21. The Bertz CT molecular complexity index is 590. The van der Waals surface area contributed by atoms with E-state index in [4.69, 9.17) is 9.68 Å². The van der Waals surface area contributed by atoms with Gasteiger partial charge >= 0.3 is 11.9 Å². The second kappa shape index (κ2) is 34.2. The third-order valence-electron chi connectivity index (χ3n) is 9.19. The van der Waals surface area contributed by atoms with E-state index in [9.17, 15) is 9.59 Å². The van der Waals surface area contributed by atoms with Gasteiger partial charge in [0.25, 0.3) is 0 Å². The van der Waals surface area contributed by atoms with Gasteiger partial charge in [0.05, 0.1) is 12.8 Å². The van der Waals surface area contributed by atoms with E-state index in [1.165, 1.54) is 167 Å². The van der Waals surface area contributed by atoms with Crippen LogP contribution in [0.15, 0.2) is 0 Å². The number of rotatable bonds is 36. The minimum Gasteiger partial charge on any atom is -0.245 e. The standard InChI is InChI=1S/C40H80NO4/c1-5-8-10-12-14-16-18-20-22-24-26-28-30-32-34-36-39(42)44-41(4,38-7-3)45-40(43)37-35-33-31-29-27-25-23-21-19-17-15-13-11-9-6-2/h5-38H2,1-4H3/q+1. The molecule has 0 heterocycles. The van der Waals surface area contributed by atoms with E-state index < -0.39 is 0 Å². The molecule has 0 saturated heterocycles. The van der Waals surface area contributed by atoms with Gasteiger partial charge in [-0.3, -0.25) is 0 Å². The molecular weight excluding hydrogens is 558 g/mol. The normalized spacial score (nSPS) is 11.6. The summed E-state index contributed by atoms with van der Waals surface area (Å²) in [5.74, 6) is -0.527. The summed E-state index contributed by atoms with van der Waals surface area (Å²) in [6.07, 6.45) is 40.6. The van der Waals surface area contributed by atoms with Gasteiger partial charge in [0.1, 0.15) is 0 Å². The molecule has 0 unspecified atom stereocenters. The molecule has 5 nitrogen and oxygen atoms in total. The average molecular weight is 639 g/mol. The zero-order chi connectivity index (χ0) is 33.1. The molecule has 0 atom stereocenters. The molecule has 0 N–H and O–H groups in total. The number of carbonyl (C=O) groups excluding carboxylic acids is 2. The lowest BCUT2D eigenvalue weighted by atomic mass is 10.0. The largest absolute Gasteiger partial charge is 0.372 e. The van der Waals surface area contributed by atoms with Gasteiger partial charge in [-0.15, -0.1) is 0 Å². The predicted octanol–water partition coefficient (Wildman–Crippen LogP) is 13.3. The quantitative estimate of drug-likeness (QED) is 0.0389. The van der Waals surface area contributed by atoms with Crippen molar-refractivity contribution in [3.63, 3.8) is 0 Å². The maximum atomic E-state index is 12.5. The summed E-state index contributed by atoms with van der Waals surface area (Å²) >= 11 is 0. The van der Waals surface area contributed by atoms with E-state index in [0.717, 1.165) is 32.1 Å². The highest BCUT2D eigenvalue weighted by Crippen LogP contribution is 2.17. The first kappa shape index (κ1) is 43.9. The van der Waals surface area contributed by atoms with Gasteiger partial charge in [0.15, 0.2) is 13.6 Å². The third kappa shape index (κ3) is 32.6. The summed E-state index contributed by atoms with van der Waals surface area (Å²) in [6.45, 7) is 7.05. The molecule has 0 rings (SSSR count). The van der Waals surface area contributed by atoms with Gasteiger partial charge in [-0.2, -0.15) is 0 Å². The molecule has 0 bridgehead atoms. The Morgan fingerprint density at radius 1 is 0.356 bits per heavy atom. The van der Waals surface area contributed by atoms with Gasteiger partial charge < -0.3 is 0 Å². The molecule has 0 aliphatic rings. The number of hydrogen-bond acceptors (Lipinski definition) is 4. The van der Waals surface area contributed by atoms with Crippen LogP contribution in [-0.4, -0.2) is 30.3 Å². The van der Waals surface area contributed by atoms with Crippen LogP contribution in [0, 0.1) is 0 Å². The van der Waals surface area contributed by atoms with Crippen LogP contribution in [0.1, 0.15) is 233 Å². The van der Waals surface area contributed by atoms with Crippen molar-refractivity contribution < 1.29 is 24.1 Å². The summed E-state index contributed by atoms with van der Waals surface area (Å²) in [6, 6.07) is 0. The topological polar surface area (TPSA) is 52.6 Å². The molecule has 45 heavy (non-hydrogen) atoms. The highest BCUT2D eigenvalue weighted by molar-refractivity contribution is 5.69. The highest BCUT2D eigenvalue weighted by Gasteiger charge is 2.32. The molecule has 0 aromatic heterocycles. The molecule has 0 aliphatic heterocycles. The number of hydrogen-bond donors (Lipinski definition) is 0. The van der Waals surface area contributed by atoms with Crippen LogP contribution in [0.3, 0.4) is 0 Å². The number of unbranched alkanes of at least 4 members (excludes halogenated alkanes) is 28. The smallest absolute Gasteiger partial charge is 0.245 e. The fourth-order valence-electron chi connectivity index (χ4n) is 6.32. The zero-order valence-corrected chi connectivity index (χ0v) is 31.1. The lowest BCUT2D eigenvalue weighted by Crippen LogP contribution is -2.47. The Morgan fingerprint density at radius 2 is 0.578 bits per heavy atom. The van der Waals surface area contributed by atoms with Crippen LogP contribution < -0.4 is 0 Å². The Hall–Kier alpha value is -1.10. The predicted molar refractivity (Wildman–Crippen MR) is 193 cm³/mol. The third-order valence-corrected chi connectivity index (χ3v) is 9.19. The fourth-order valence-corrected chi connectivity index (χ4v) is 6.32. The summed E-state index contributed by atoms with van der Waals surface area (Å²) in [5.41, 5.74) is 0. The van der Waals surface area contributed by atoms with Crippen molar-refractivity contribution in [2.45, 2.75) is 233 Å². The Labute approximate surface area is 281 Å². The first-order chi connectivity index (χ1) is 22.0. The second-order valence-electron chi connectivity index (χ2n) is 14.1. The lowest BCUT2D eigenvalue weighted by Gasteiger charge is -2.26. The van der Waals surface area contributed by atoms with E-state index in [2.05, 4.69) is 13.8 Å². The molecule has 0 amide bonds. The molecule has 0 fully saturated rings. The molecule has 0 aliphatic carbocycles. The molecule has 268 valence electrons. The van der Waals surface area contributed by atoms with Gasteiger partial charge in [0, 0.05) is 11.2 Å². The van der Waals surface area contributed by atoms with Crippen molar-refractivity contribution in [2.75, 3.05) is 13.6 Å². The highest BCUT2D eigenvalue weighted by atomic mass is 17.0. The molecular formula is C40H80NO4+. The first-order valence-electron chi connectivity index (χ1n) is 20.3. The Kier molecular flexibility index (Phi) is 33.4. The SMILES string of the molecule is CCCCCCCCCCCCCCCCCC(=O)O[N+](C)(CCC)OC(=O)CCCCCCCCCCCCCCCCC. The molecule has 0 radical (unpaired) electrons. The molecule has 0 saturated carbocycles. The van der Waals surface area contributed by atoms with E-state index >= 15 is 0 Å². The monoisotopic (exact) mass is 639 g/mol. The van der Waals surface area contributed by atoms with Gasteiger partial charge in [-0.1, -0.05) is 201 Å². The van der Waals surface area contributed by atoms with Crippen molar-refractivity contribution in [1.29, 1.82) is 0 Å². The molecule has 0 aromatic carbocycles. The van der Waals surface area contributed by atoms with Crippen LogP contribution in [0.5, 0.6) is 0 Å². The maximum absolute atomic E-state index is 12.5. The minimum atomic E-state index is -0.383. The van der Waals surface area contributed by atoms with Crippen molar-refractivity contribution >= 4 is 11.9 Å². The maximum Gasteiger partial charge on any atom is 0.372 e. The second-order valence-corrected chi connectivity index (χ2v) is 14.1. The van der Waals surface area contributed by atoms with Crippen molar-refractivity contribution in [1.82, 2.24) is 0 Å².